The molecule has 3 atom stereocenters. The lowest BCUT2D eigenvalue weighted by molar-refractivity contribution is -0.125. The number of carbonyl (C=O) groups is 2. The zero-order valence-electron chi connectivity index (χ0n) is 17.2. The highest BCUT2D eigenvalue weighted by Crippen LogP contribution is 2.29. The van der Waals surface area contributed by atoms with Crippen molar-refractivity contribution >= 4 is 22.8 Å². The molecule has 0 saturated heterocycles. The number of carbonyl (C=O) groups excluding carboxylic acids is 2. The Morgan fingerprint density at radius 2 is 1.96 bits per heavy atom. The minimum absolute atomic E-state index is 0.158. The summed E-state index contributed by atoms with van der Waals surface area (Å²) in [6.07, 6.45) is 4.04. The van der Waals surface area contributed by atoms with Crippen LogP contribution in [0.1, 0.15) is 61.6 Å². The summed E-state index contributed by atoms with van der Waals surface area (Å²) in [5.74, 6) is 0.337. The van der Waals surface area contributed by atoms with Crippen LogP contribution in [0.2, 0.25) is 0 Å². The van der Waals surface area contributed by atoms with Crippen molar-refractivity contribution in [2.45, 2.75) is 59.4 Å². The van der Waals surface area contributed by atoms with E-state index in [9.17, 15) is 9.59 Å². The molecular weight excluding hydrogens is 352 g/mol. The predicted molar refractivity (Wildman–Crippen MR) is 110 cm³/mol. The van der Waals surface area contributed by atoms with Gasteiger partial charge in [0.1, 0.15) is 0 Å². The molecule has 1 aliphatic carbocycles. The van der Waals surface area contributed by atoms with Gasteiger partial charge in [0.25, 0.3) is 5.91 Å². The first-order valence-corrected chi connectivity index (χ1v) is 10.3. The fourth-order valence-electron chi connectivity index (χ4n) is 4.20. The molecule has 1 aromatic heterocycles. The number of ether oxygens (including phenoxy) is 1. The number of benzene rings is 1. The molecule has 1 heterocycles. The number of rotatable bonds is 5. The maximum Gasteiger partial charge on any atom is 0.339 e. The summed E-state index contributed by atoms with van der Waals surface area (Å²) in [5.41, 5.74) is 2.97. The highest BCUT2D eigenvalue weighted by Gasteiger charge is 2.28. The van der Waals surface area contributed by atoms with Crippen molar-refractivity contribution in [2.75, 3.05) is 6.61 Å². The zero-order chi connectivity index (χ0) is 20.3. The summed E-state index contributed by atoms with van der Waals surface area (Å²) in [6.45, 7) is 8.05. The second-order valence-corrected chi connectivity index (χ2v) is 7.95. The van der Waals surface area contributed by atoms with Gasteiger partial charge in [-0.2, -0.15) is 0 Å². The van der Waals surface area contributed by atoms with E-state index >= 15 is 0 Å². The molecule has 0 unspecified atom stereocenters. The molecule has 1 aromatic carbocycles. The molecular formula is C23H30N2O3. The average molecular weight is 383 g/mol. The molecule has 0 radical (unpaired) electrons. The number of amides is 1. The number of nitrogens with one attached hydrogen (secondary N) is 1. The minimum atomic E-state index is -0.467. The quantitative estimate of drug-likeness (QED) is 0.787. The lowest BCUT2D eigenvalue weighted by atomic mass is 9.78. The third kappa shape index (κ3) is 4.18. The molecule has 1 aliphatic rings. The highest BCUT2D eigenvalue weighted by molar-refractivity contribution is 6.05. The molecule has 0 spiro atoms. The number of para-hydroxylation sites is 1. The summed E-state index contributed by atoms with van der Waals surface area (Å²) in [5, 5.41) is 3.81. The number of hydrogen-bond donors (Lipinski definition) is 1. The van der Waals surface area contributed by atoms with Crippen LogP contribution in [0.3, 0.4) is 0 Å². The average Bonchev–Trinajstić information content (AvgIpc) is 2.69. The maximum absolute atomic E-state index is 12.8. The van der Waals surface area contributed by atoms with Crippen molar-refractivity contribution < 1.29 is 14.3 Å². The topological polar surface area (TPSA) is 68.3 Å². The smallest absolute Gasteiger partial charge is 0.339 e. The number of nitrogens with zero attached hydrogens (tertiary/aromatic N) is 1. The van der Waals surface area contributed by atoms with Crippen molar-refractivity contribution in [1.29, 1.82) is 0 Å². The molecule has 1 amide bonds. The maximum atomic E-state index is 12.8. The number of fused-ring (bicyclic) bond motifs is 1. The van der Waals surface area contributed by atoms with E-state index in [-0.39, 0.29) is 18.6 Å². The van der Waals surface area contributed by atoms with Gasteiger partial charge in [-0.1, -0.05) is 51.8 Å². The summed E-state index contributed by atoms with van der Waals surface area (Å²) in [7, 11) is 0. The standard InChI is InChI=1S/C23H30N2O3/c1-5-18-16(4)22(17-10-6-7-11-20(17)24-18)23(27)28-13-21(26)25-19-12-8-9-14(2)15(19)3/h6-7,10-11,14-15,19H,5,8-9,12-13H2,1-4H3,(H,25,26)/t14-,15-,19-/m0/s1. The monoisotopic (exact) mass is 382 g/mol. The van der Waals surface area contributed by atoms with Gasteiger partial charge < -0.3 is 10.1 Å². The number of pyridine rings is 1. The van der Waals surface area contributed by atoms with E-state index in [2.05, 4.69) is 24.1 Å². The van der Waals surface area contributed by atoms with Gasteiger partial charge in [-0.3, -0.25) is 9.78 Å². The van der Waals surface area contributed by atoms with Crippen molar-refractivity contribution in [2.24, 2.45) is 11.8 Å². The second-order valence-electron chi connectivity index (χ2n) is 7.95. The Kier molecular flexibility index (Phi) is 6.32. The van der Waals surface area contributed by atoms with Crippen LogP contribution >= 0.6 is 0 Å². The minimum Gasteiger partial charge on any atom is -0.452 e. The van der Waals surface area contributed by atoms with Gasteiger partial charge in [0.2, 0.25) is 0 Å². The van der Waals surface area contributed by atoms with Crippen LogP contribution in [0, 0.1) is 18.8 Å². The van der Waals surface area contributed by atoms with Crippen LogP contribution in [-0.4, -0.2) is 29.5 Å². The number of hydrogen-bond acceptors (Lipinski definition) is 4. The van der Waals surface area contributed by atoms with E-state index in [1.807, 2.05) is 38.1 Å². The van der Waals surface area contributed by atoms with Crippen LogP contribution in [-0.2, 0) is 16.0 Å². The van der Waals surface area contributed by atoms with Crippen molar-refractivity contribution in [1.82, 2.24) is 10.3 Å². The van der Waals surface area contributed by atoms with Crippen LogP contribution in [0.4, 0.5) is 0 Å². The molecule has 28 heavy (non-hydrogen) atoms. The van der Waals surface area contributed by atoms with Gasteiger partial charge in [0.05, 0.1) is 11.1 Å². The molecule has 5 heteroatoms. The van der Waals surface area contributed by atoms with Crippen LogP contribution in [0.25, 0.3) is 10.9 Å². The van der Waals surface area contributed by atoms with Gasteiger partial charge in [-0.25, -0.2) is 4.79 Å². The third-order valence-corrected chi connectivity index (χ3v) is 6.16. The van der Waals surface area contributed by atoms with Crippen LogP contribution in [0.15, 0.2) is 24.3 Å². The van der Waals surface area contributed by atoms with E-state index in [0.29, 0.717) is 17.4 Å². The van der Waals surface area contributed by atoms with E-state index in [1.54, 1.807) is 0 Å². The zero-order valence-corrected chi connectivity index (χ0v) is 17.2. The Morgan fingerprint density at radius 3 is 2.71 bits per heavy atom. The first kappa shape index (κ1) is 20.3. The second kappa shape index (κ2) is 8.72. The molecule has 0 bridgehead atoms. The molecule has 3 rings (SSSR count). The van der Waals surface area contributed by atoms with Gasteiger partial charge in [-0.15, -0.1) is 0 Å². The Morgan fingerprint density at radius 1 is 1.21 bits per heavy atom. The molecule has 1 N–H and O–H groups in total. The Bertz CT molecular complexity index is 878. The lowest BCUT2D eigenvalue weighted by Gasteiger charge is -2.34. The summed E-state index contributed by atoms with van der Waals surface area (Å²) in [4.78, 5) is 29.8. The molecule has 2 aromatic rings. The summed E-state index contributed by atoms with van der Waals surface area (Å²) in [6, 6.07) is 7.70. The molecule has 150 valence electrons. The van der Waals surface area contributed by atoms with Crippen LogP contribution in [0.5, 0.6) is 0 Å². The number of esters is 1. The van der Waals surface area contributed by atoms with E-state index in [4.69, 9.17) is 4.74 Å². The highest BCUT2D eigenvalue weighted by atomic mass is 16.5. The van der Waals surface area contributed by atoms with E-state index in [1.165, 1.54) is 6.42 Å². The first-order chi connectivity index (χ1) is 13.4. The molecule has 1 fully saturated rings. The Labute approximate surface area is 166 Å². The molecule has 1 saturated carbocycles. The van der Waals surface area contributed by atoms with E-state index < -0.39 is 5.97 Å². The Hall–Kier alpha value is -2.43. The van der Waals surface area contributed by atoms with Crippen molar-refractivity contribution in [3.05, 3.63) is 41.1 Å². The SMILES string of the molecule is CCc1nc2ccccc2c(C(=O)OCC(=O)N[C@H]2CCC[C@H](C)[C@@H]2C)c1C. The molecule has 0 aliphatic heterocycles. The molecule has 5 nitrogen and oxygen atoms in total. The summed E-state index contributed by atoms with van der Waals surface area (Å²) < 4.78 is 5.40. The number of aromatic nitrogens is 1. The largest absolute Gasteiger partial charge is 0.452 e. The van der Waals surface area contributed by atoms with Crippen molar-refractivity contribution in [3.8, 4) is 0 Å². The lowest BCUT2D eigenvalue weighted by Crippen LogP contribution is -2.45. The van der Waals surface area contributed by atoms with Gasteiger partial charge in [0, 0.05) is 17.1 Å². The first-order valence-electron chi connectivity index (χ1n) is 10.3. The fourth-order valence-corrected chi connectivity index (χ4v) is 4.20. The van der Waals surface area contributed by atoms with E-state index in [0.717, 1.165) is 41.4 Å². The Balaban J connectivity index is 1.71. The van der Waals surface area contributed by atoms with Crippen molar-refractivity contribution in [3.63, 3.8) is 0 Å². The fraction of sp³-hybridized carbons (Fsp3) is 0.522. The third-order valence-electron chi connectivity index (χ3n) is 6.16. The summed E-state index contributed by atoms with van der Waals surface area (Å²) >= 11 is 0. The number of aryl methyl sites for hydroxylation is 1. The van der Waals surface area contributed by atoms with Crippen LogP contribution < -0.4 is 5.32 Å². The normalized spacial score (nSPS) is 22.1. The van der Waals surface area contributed by atoms with Gasteiger partial charge in [0.15, 0.2) is 6.61 Å². The van der Waals surface area contributed by atoms with Gasteiger partial charge in [-0.05, 0) is 43.2 Å². The predicted octanol–water partition coefficient (Wildman–Crippen LogP) is 4.20. The van der Waals surface area contributed by atoms with Gasteiger partial charge >= 0.3 is 5.97 Å².